The van der Waals surface area contributed by atoms with Crippen molar-refractivity contribution in [2.75, 3.05) is 46.3 Å². The van der Waals surface area contributed by atoms with Gasteiger partial charge in [-0.05, 0) is 12.8 Å². The SMILES string of the molecule is CN(/C=C(/C#N)C(=O)NCCN1CCNCC1)C1CCCCC1. The van der Waals surface area contributed by atoms with Crippen LogP contribution in [-0.4, -0.2) is 68.1 Å². The van der Waals surface area contributed by atoms with Crippen LogP contribution < -0.4 is 10.6 Å². The third kappa shape index (κ3) is 5.85. The first-order chi connectivity index (χ1) is 11.2. The minimum atomic E-state index is -0.259. The van der Waals surface area contributed by atoms with E-state index in [-0.39, 0.29) is 11.5 Å². The van der Waals surface area contributed by atoms with E-state index in [4.69, 9.17) is 0 Å². The number of nitrogens with one attached hydrogen (secondary N) is 2. The second-order valence-electron chi connectivity index (χ2n) is 6.46. The van der Waals surface area contributed by atoms with E-state index < -0.39 is 0 Å². The minimum absolute atomic E-state index is 0.207. The van der Waals surface area contributed by atoms with Crippen molar-refractivity contribution in [3.63, 3.8) is 0 Å². The van der Waals surface area contributed by atoms with Gasteiger partial charge in [0, 0.05) is 58.6 Å². The average molecular weight is 319 g/mol. The summed E-state index contributed by atoms with van der Waals surface area (Å²) in [7, 11) is 1.97. The number of carbonyl (C=O) groups excluding carboxylic acids is 1. The van der Waals surface area contributed by atoms with E-state index >= 15 is 0 Å². The molecule has 0 radical (unpaired) electrons. The number of nitrogens with zero attached hydrogens (tertiary/aromatic N) is 3. The van der Waals surface area contributed by atoms with Gasteiger partial charge in [0.2, 0.25) is 0 Å². The zero-order chi connectivity index (χ0) is 16.5. The van der Waals surface area contributed by atoms with Gasteiger partial charge in [-0.25, -0.2) is 0 Å². The Morgan fingerprint density at radius 3 is 2.70 bits per heavy atom. The highest BCUT2D eigenvalue weighted by atomic mass is 16.1. The predicted molar refractivity (Wildman–Crippen MR) is 90.7 cm³/mol. The lowest BCUT2D eigenvalue weighted by atomic mass is 9.94. The van der Waals surface area contributed by atoms with Crippen molar-refractivity contribution < 1.29 is 4.79 Å². The molecule has 2 aliphatic rings. The summed E-state index contributed by atoms with van der Waals surface area (Å²) < 4.78 is 0. The van der Waals surface area contributed by atoms with E-state index in [1.807, 2.05) is 18.0 Å². The summed E-state index contributed by atoms with van der Waals surface area (Å²) in [6, 6.07) is 2.50. The smallest absolute Gasteiger partial charge is 0.263 e. The van der Waals surface area contributed by atoms with Gasteiger partial charge in [0.15, 0.2) is 0 Å². The molecule has 23 heavy (non-hydrogen) atoms. The van der Waals surface area contributed by atoms with E-state index in [1.165, 1.54) is 19.3 Å². The van der Waals surface area contributed by atoms with Crippen molar-refractivity contribution in [1.82, 2.24) is 20.4 Å². The van der Waals surface area contributed by atoms with Crippen LogP contribution in [0, 0.1) is 11.3 Å². The standard InChI is InChI=1S/C17H29N5O/c1-21(16-5-3-2-4-6-16)14-15(13-18)17(23)20-9-12-22-10-7-19-8-11-22/h14,16,19H,2-12H2,1H3,(H,20,23)/b15-14-. The molecular weight excluding hydrogens is 290 g/mol. The molecular formula is C17H29N5O. The maximum Gasteiger partial charge on any atom is 0.263 e. The maximum atomic E-state index is 12.2. The molecule has 6 heteroatoms. The fourth-order valence-electron chi connectivity index (χ4n) is 3.29. The molecule has 2 fully saturated rings. The van der Waals surface area contributed by atoms with Gasteiger partial charge in [-0.3, -0.25) is 9.69 Å². The van der Waals surface area contributed by atoms with Gasteiger partial charge in [-0.2, -0.15) is 5.26 Å². The van der Waals surface area contributed by atoms with Gasteiger partial charge in [0.25, 0.3) is 5.91 Å². The fourth-order valence-corrected chi connectivity index (χ4v) is 3.29. The summed E-state index contributed by atoms with van der Waals surface area (Å²) >= 11 is 0. The van der Waals surface area contributed by atoms with Crippen molar-refractivity contribution >= 4 is 5.91 Å². The van der Waals surface area contributed by atoms with E-state index in [0.29, 0.717) is 12.6 Å². The van der Waals surface area contributed by atoms with E-state index in [0.717, 1.165) is 45.6 Å². The minimum Gasteiger partial charge on any atom is -0.376 e. The Morgan fingerprint density at radius 2 is 2.04 bits per heavy atom. The molecule has 1 saturated carbocycles. The molecule has 1 aliphatic heterocycles. The lowest BCUT2D eigenvalue weighted by molar-refractivity contribution is -0.117. The van der Waals surface area contributed by atoms with Crippen LogP contribution in [-0.2, 0) is 4.79 Å². The van der Waals surface area contributed by atoms with Crippen LogP contribution in [0.25, 0.3) is 0 Å². The Morgan fingerprint density at radius 1 is 1.35 bits per heavy atom. The molecule has 0 aromatic heterocycles. The van der Waals surface area contributed by atoms with Gasteiger partial charge < -0.3 is 15.5 Å². The normalized spacial score (nSPS) is 20.8. The largest absolute Gasteiger partial charge is 0.376 e. The molecule has 2 rings (SSSR count). The molecule has 0 atom stereocenters. The first-order valence-electron chi connectivity index (χ1n) is 8.76. The monoisotopic (exact) mass is 319 g/mol. The average Bonchev–Trinajstić information content (AvgIpc) is 2.61. The number of piperazine rings is 1. The first kappa shape index (κ1) is 17.8. The molecule has 0 bridgehead atoms. The molecule has 1 heterocycles. The number of hydrogen-bond acceptors (Lipinski definition) is 5. The summed E-state index contributed by atoms with van der Waals surface area (Å²) in [6.45, 7) is 5.46. The van der Waals surface area contributed by atoms with Crippen LogP contribution in [0.3, 0.4) is 0 Å². The predicted octanol–water partition coefficient (Wildman–Crippen LogP) is 0.680. The van der Waals surface area contributed by atoms with Gasteiger partial charge in [0.05, 0.1) is 0 Å². The Labute approximate surface area is 139 Å². The fraction of sp³-hybridized carbons (Fsp3) is 0.765. The van der Waals surface area contributed by atoms with Crippen molar-refractivity contribution in [3.8, 4) is 6.07 Å². The van der Waals surface area contributed by atoms with Crippen molar-refractivity contribution in [2.45, 2.75) is 38.1 Å². The van der Waals surface area contributed by atoms with Crippen LogP contribution >= 0.6 is 0 Å². The second-order valence-corrected chi connectivity index (χ2v) is 6.46. The molecule has 1 saturated heterocycles. The summed E-state index contributed by atoms with van der Waals surface area (Å²) in [4.78, 5) is 16.5. The molecule has 1 amide bonds. The lowest BCUT2D eigenvalue weighted by Crippen LogP contribution is -2.46. The van der Waals surface area contributed by atoms with Crippen molar-refractivity contribution in [3.05, 3.63) is 11.8 Å². The zero-order valence-corrected chi connectivity index (χ0v) is 14.2. The molecule has 6 nitrogen and oxygen atoms in total. The number of rotatable bonds is 6. The van der Waals surface area contributed by atoms with E-state index in [1.54, 1.807) is 6.20 Å². The van der Waals surface area contributed by atoms with E-state index in [9.17, 15) is 10.1 Å². The number of nitriles is 1. The molecule has 0 aromatic rings. The molecule has 128 valence electrons. The Kier molecular flexibility index (Phi) is 7.37. The molecule has 0 spiro atoms. The number of carbonyl (C=O) groups is 1. The third-order valence-corrected chi connectivity index (χ3v) is 4.77. The Balaban J connectivity index is 1.77. The van der Waals surface area contributed by atoms with Crippen LogP contribution in [0.2, 0.25) is 0 Å². The first-order valence-corrected chi connectivity index (χ1v) is 8.76. The molecule has 1 aliphatic carbocycles. The highest BCUT2D eigenvalue weighted by Gasteiger charge is 2.18. The number of hydrogen-bond donors (Lipinski definition) is 2. The van der Waals surface area contributed by atoms with Crippen molar-refractivity contribution in [2.24, 2.45) is 0 Å². The molecule has 0 aromatic carbocycles. The Bertz CT molecular complexity index is 444. The lowest BCUT2D eigenvalue weighted by Gasteiger charge is -2.30. The third-order valence-electron chi connectivity index (χ3n) is 4.77. The van der Waals surface area contributed by atoms with Gasteiger partial charge in [0.1, 0.15) is 11.6 Å². The zero-order valence-electron chi connectivity index (χ0n) is 14.2. The van der Waals surface area contributed by atoms with Crippen molar-refractivity contribution in [1.29, 1.82) is 5.26 Å². The molecule has 2 N–H and O–H groups in total. The van der Waals surface area contributed by atoms with Gasteiger partial charge in [-0.15, -0.1) is 0 Å². The van der Waals surface area contributed by atoms with Crippen LogP contribution in [0.1, 0.15) is 32.1 Å². The van der Waals surface area contributed by atoms with E-state index in [2.05, 4.69) is 15.5 Å². The summed E-state index contributed by atoms with van der Waals surface area (Å²) in [5.41, 5.74) is 0.207. The second kappa shape index (κ2) is 9.53. The summed E-state index contributed by atoms with van der Waals surface area (Å²) in [5, 5.41) is 15.4. The summed E-state index contributed by atoms with van der Waals surface area (Å²) in [6.07, 6.45) is 7.79. The van der Waals surface area contributed by atoms with Crippen LogP contribution in [0.15, 0.2) is 11.8 Å². The topological polar surface area (TPSA) is 71.4 Å². The summed E-state index contributed by atoms with van der Waals surface area (Å²) in [5.74, 6) is -0.259. The highest BCUT2D eigenvalue weighted by molar-refractivity contribution is 5.97. The highest BCUT2D eigenvalue weighted by Crippen LogP contribution is 2.22. The van der Waals surface area contributed by atoms with Gasteiger partial charge >= 0.3 is 0 Å². The molecule has 0 unspecified atom stereocenters. The maximum absolute atomic E-state index is 12.2. The van der Waals surface area contributed by atoms with Crippen LogP contribution in [0.4, 0.5) is 0 Å². The number of amides is 1. The van der Waals surface area contributed by atoms with Crippen LogP contribution in [0.5, 0.6) is 0 Å². The van der Waals surface area contributed by atoms with Gasteiger partial charge in [-0.1, -0.05) is 19.3 Å². The quantitative estimate of drug-likeness (QED) is 0.556. The Hall–Kier alpha value is -1.58.